The van der Waals surface area contributed by atoms with Gasteiger partial charge < -0.3 is 15.2 Å². The molecule has 0 aromatic heterocycles. The van der Waals surface area contributed by atoms with E-state index in [4.69, 9.17) is 4.74 Å². The minimum absolute atomic E-state index is 0.147. The van der Waals surface area contributed by atoms with Gasteiger partial charge in [-0.25, -0.2) is 0 Å². The summed E-state index contributed by atoms with van der Waals surface area (Å²) in [5.41, 5.74) is 0.670. The van der Waals surface area contributed by atoms with Crippen LogP contribution in [-0.4, -0.2) is 31.0 Å². The third kappa shape index (κ3) is 4.58. The Bertz CT molecular complexity index is 372. The highest BCUT2D eigenvalue weighted by Crippen LogP contribution is 2.27. The fourth-order valence-electron chi connectivity index (χ4n) is 3.00. The first-order valence-electron chi connectivity index (χ1n) is 7.73. The van der Waals surface area contributed by atoms with Gasteiger partial charge in [0.2, 0.25) is 0 Å². The average Bonchev–Trinajstić information content (AvgIpc) is 2.70. The van der Waals surface area contributed by atoms with Gasteiger partial charge in [0.1, 0.15) is 0 Å². The van der Waals surface area contributed by atoms with Crippen LogP contribution in [0.1, 0.15) is 50.1 Å². The van der Waals surface area contributed by atoms with Gasteiger partial charge in [-0.3, -0.25) is 0 Å². The summed E-state index contributed by atoms with van der Waals surface area (Å²) in [6, 6.07) is 10.5. The smallest absolute Gasteiger partial charge is 0.0771 e. The van der Waals surface area contributed by atoms with Gasteiger partial charge in [0.15, 0.2) is 0 Å². The highest BCUT2D eigenvalue weighted by molar-refractivity contribution is 5.19. The molecule has 1 aliphatic carbocycles. The van der Waals surface area contributed by atoms with E-state index >= 15 is 0 Å². The van der Waals surface area contributed by atoms with Gasteiger partial charge in [-0.05, 0) is 18.4 Å². The first-order chi connectivity index (χ1) is 9.73. The van der Waals surface area contributed by atoms with Gasteiger partial charge in [-0.15, -0.1) is 0 Å². The van der Waals surface area contributed by atoms with Gasteiger partial charge in [0, 0.05) is 13.7 Å². The van der Waals surface area contributed by atoms with Gasteiger partial charge >= 0.3 is 0 Å². The second-order valence-corrected chi connectivity index (χ2v) is 5.94. The van der Waals surface area contributed by atoms with Gasteiger partial charge in [-0.1, -0.05) is 56.0 Å². The monoisotopic (exact) mass is 277 g/mol. The molecule has 1 atom stereocenters. The van der Waals surface area contributed by atoms with Crippen molar-refractivity contribution in [1.82, 2.24) is 5.32 Å². The van der Waals surface area contributed by atoms with Crippen LogP contribution in [0.2, 0.25) is 0 Å². The molecule has 2 rings (SSSR count). The molecule has 1 aromatic carbocycles. The van der Waals surface area contributed by atoms with E-state index in [-0.39, 0.29) is 6.04 Å². The summed E-state index contributed by atoms with van der Waals surface area (Å²) in [5, 5.41) is 14.2. The lowest BCUT2D eigenvalue weighted by Gasteiger charge is -2.30. The summed E-state index contributed by atoms with van der Waals surface area (Å²) < 4.78 is 5.31. The molecule has 3 nitrogen and oxygen atoms in total. The predicted octanol–water partition coefficient (Wildman–Crippen LogP) is 3.05. The molecule has 0 aliphatic heterocycles. The minimum Gasteiger partial charge on any atom is -0.389 e. The van der Waals surface area contributed by atoms with Crippen LogP contribution in [0.5, 0.6) is 0 Å². The summed E-state index contributed by atoms with van der Waals surface area (Å²) >= 11 is 0. The highest BCUT2D eigenvalue weighted by atomic mass is 16.5. The molecule has 1 aliphatic rings. The minimum atomic E-state index is -0.544. The summed E-state index contributed by atoms with van der Waals surface area (Å²) in [6.45, 7) is 1.27. The molecule has 1 unspecified atom stereocenters. The van der Waals surface area contributed by atoms with Crippen molar-refractivity contribution in [1.29, 1.82) is 0 Å². The van der Waals surface area contributed by atoms with Crippen LogP contribution in [0.3, 0.4) is 0 Å². The Labute approximate surface area is 122 Å². The lowest BCUT2D eigenvalue weighted by Crippen LogP contribution is -2.42. The van der Waals surface area contributed by atoms with E-state index < -0.39 is 5.60 Å². The van der Waals surface area contributed by atoms with Crippen molar-refractivity contribution in [2.24, 2.45) is 0 Å². The molecule has 1 aromatic rings. The Balaban J connectivity index is 1.94. The van der Waals surface area contributed by atoms with Crippen molar-refractivity contribution in [2.45, 2.75) is 50.2 Å². The Morgan fingerprint density at radius 3 is 2.40 bits per heavy atom. The van der Waals surface area contributed by atoms with Crippen LogP contribution in [-0.2, 0) is 4.74 Å². The third-order valence-corrected chi connectivity index (χ3v) is 4.25. The molecular weight excluding hydrogens is 250 g/mol. The lowest BCUT2D eigenvalue weighted by molar-refractivity contribution is 0.0195. The molecule has 112 valence electrons. The molecule has 20 heavy (non-hydrogen) atoms. The number of benzene rings is 1. The molecule has 1 fully saturated rings. The van der Waals surface area contributed by atoms with E-state index in [1.807, 2.05) is 18.2 Å². The van der Waals surface area contributed by atoms with Crippen molar-refractivity contribution >= 4 is 0 Å². The van der Waals surface area contributed by atoms with Crippen LogP contribution in [0, 0.1) is 0 Å². The predicted molar refractivity (Wildman–Crippen MR) is 81.7 cm³/mol. The second kappa shape index (κ2) is 7.77. The van der Waals surface area contributed by atoms with Crippen LogP contribution in [0.25, 0.3) is 0 Å². The van der Waals surface area contributed by atoms with Crippen molar-refractivity contribution in [2.75, 3.05) is 20.3 Å². The molecule has 3 heteroatoms. The van der Waals surface area contributed by atoms with Crippen molar-refractivity contribution in [3.8, 4) is 0 Å². The van der Waals surface area contributed by atoms with Crippen molar-refractivity contribution < 1.29 is 9.84 Å². The number of nitrogens with one attached hydrogen (secondary N) is 1. The molecular formula is C17H27NO2. The maximum atomic E-state index is 10.7. The Kier molecular flexibility index (Phi) is 6.02. The Morgan fingerprint density at radius 2 is 1.80 bits per heavy atom. The normalized spacial score (nSPS) is 20.3. The van der Waals surface area contributed by atoms with E-state index in [0.29, 0.717) is 13.2 Å². The maximum absolute atomic E-state index is 10.7. The summed E-state index contributed by atoms with van der Waals surface area (Å²) in [6.07, 6.45) is 6.60. The zero-order valence-corrected chi connectivity index (χ0v) is 12.5. The Morgan fingerprint density at radius 1 is 1.15 bits per heavy atom. The molecule has 0 bridgehead atoms. The third-order valence-electron chi connectivity index (χ3n) is 4.25. The number of ether oxygens (including phenoxy) is 1. The maximum Gasteiger partial charge on any atom is 0.0771 e. The number of hydrogen-bond donors (Lipinski definition) is 2. The van der Waals surface area contributed by atoms with Gasteiger partial charge in [0.05, 0.1) is 18.2 Å². The zero-order chi connectivity index (χ0) is 14.3. The van der Waals surface area contributed by atoms with E-state index in [1.54, 1.807) is 7.11 Å². The molecule has 0 radical (unpaired) electrons. The summed E-state index contributed by atoms with van der Waals surface area (Å²) in [7, 11) is 1.72. The van der Waals surface area contributed by atoms with Gasteiger partial charge in [0.25, 0.3) is 0 Å². The first kappa shape index (κ1) is 15.5. The number of hydrogen-bond acceptors (Lipinski definition) is 3. The standard InChI is InChI=1S/C17H27NO2/c1-20-13-16(15-9-5-4-6-10-15)18-14-17(19)11-7-2-3-8-12-17/h4-6,9-10,16,18-19H,2-3,7-8,11-14H2,1H3. The number of methoxy groups -OCH3 is 1. The molecule has 2 N–H and O–H groups in total. The summed E-state index contributed by atoms with van der Waals surface area (Å²) in [4.78, 5) is 0. The van der Waals surface area contributed by atoms with E-state index in [2.05, 4.69) is 17.4 Å². The van der Waals surface area contributed by atoms with Crippen LogP contribution < -0.4 is 5.32 Å². The Hall–Kier alpha value is -0.900. The SMILES string of the molecule is COCC(NCC1(O)CCCCCC1)c1ccccc1. The van der Waals surface area contributed by atoms with Crippen LogP contribution in [0.4, 0.5) is 0 Å². The van der Waals surface area contributed by atoms with E-state index in [9.17, 15) is 5.11 Å². The first-order valence-corrected chi connectivity index (χ1v) is 7.73. The molecule has 1 saturated carbocycles. The van der Waals surface area contributed by atoms with Gasteiger partial charge in [-0.2, -0.15) is 0 Å². The molecule has 0 saturated heterocycles. The topological polar surface area (TPSA) is 41.5 Å². The molecule has 0 heterocycles. The second-order valence-electron chi connectivity index (χ2n) is 5.94. The van der Waals surface area contributed by atoms with Crippen molar-refractivity contribution in [3.05, 3.63) is 35.9 Å². The van der Waals surface area contributed by atoms with E-state index in [1.165, 1.54) is 18.4 Å². The number of aliphatic hydroxyl groups is 1. The summed E-state index contributed by atoms with van der Waals surface area (Å²) in [5.74, 6) is 0. The zero-order valence-electron chi connectivity index (χ0n) is 12.5. The molecule has 0 spiro atoms. The van der Waals surface area contributed by atoms with E-state index in [0.717, 1.165) is 25.7 Å². The fraction of sp³-hybridized carbons (Fsp3) is 0.647. The quantitative estimate of drug-likeness (QED) is 0.785. The number of rotatable bonds is 6. The van der Waals surface area contributed by atoms with Crippen molar-refractivity contribution in [3.63, 3.8) is 0 Å². The molecule has 0 amide bonds. The highest BCUT2D eigenvalue weighted by Gasteiger charge is 2.28. The largest absolute Gasteiger partial charge is 0.389 e. The average molecular weight is 277 g/mol. The fourth-order valence-corrected chi connectivity index (χ4v) is 3.00. The van der Waals surface area contributed by atoms with Crippen LogP contribution in [0.15, 0.2) is 30.3 Å². The lowest BCUT2D eigenvalue weighted by atomic mass is 9.94. The van der Waals surface area contributed by atoms with Crippen LogP contribution >= 0.6 is 0 Å².